The zero-order valence-corrected chi connectivity index (χ0v) is 15.9. The lowest BCUT2D eigenvalue weighted by atomic mass is 10.1. The summed E-state index contributed by atoms with van der Waals surface area (Å²) >= 11 is 6.21. The van der Waals surface area contributed by atoms with Gasteiger partial charge in [0, 0.05) is 29.5 Å². The highest BCUT2D eigenvalue weighted by atomic mass is 32.2. The molecular formula is C19H12N4O3S2. The van der Waals surface area contributed by atoms with Crippen molar-refractivity contribution in [2.45, 2.75) is 0 Å². The first-order valence-electron chi connectivity index (χ1n) is 8.16. The molecular weight excluding hydrogens is 396 g/mol. The molecule has 1 fully saturated rings. The van der Waals surface area contributed by atoms with E-state index in [4.69, 9.17) is 12.2 Å². The molecule has 0 saturated carbocycles. The van der Waals surface area contributed by atoms with Gasteiger partial charge in [-0.25, -0.2) is 4.68 Å². The summed E-state index contributed by atoms with van der Waals surface area (Å²) in [5, 5.41) is 18.3. The van der Waals surface area contributed by atoms with Gasteiger partial charge in [-0.05, 0) is 18.2 Å². The van der Waals surface area contributed by atoms with Gasteiger partial charge in [-0.1, -0.05) is 54.3 Å². The second-order valence-corrected chi connectivity index (χ2v) is 7.59. The van der Waals surface area contributed by atoms with E-state index >= 15 is 0 Å². The van der Waals surface area contributed by atoms with Crippen LogP contribution in [0.4, 0.5) is 5.69 Å². The predicted molar refractivity (Wildman–Crippen MR) is 112 cm³/mol. The molecule has 1 N–H and O–H groups in total. The van der Waals surface area contributed by atoms with Gasteiger partial charge in [-0.3, -0.25) is 14.9 Å². The number of nitrogens with one attached hydrogen (secondary N) is 1. The van der Waals surface area contributed by atoms with Crippen molar-refractivity contribution < 1.29 is 9.72 Å². The molecule has 0 spiro atoms. The topological polar surface area (TPSA) is 90.1 Å². The molecule has 9 heteroatoms. The predicted octanol–water partition coefficient (Wildman–Crippen LogP) is 3.94. The number of thioether (sulfide) groups is 1. The molecule has 2 aromatic carbocycles. The van der Waals surface area contributed by atoms with Crippen LogP contribution in [0, 0.1) is 10.1 Å². The number of hydrogen-bond acceptors (Lipinski definition) is 6. The van der Waals surface area contributed by atoms with Crippen molar-refractivity contribution in [2.75, 3.05) is 0 Å². The summed E-state index contributed by atoms with van der Waals surface area (Å²) in [5.74, 6) is -0.271. The average Bonchev–Trinajstić information content (AvgIpc) is 3.25. The highest BCUT2D eigenvalue weighted by Crippen LogP contribution is 2.32. The number of nitro benzene ring substituents is 1. The molecule has 28 heavy (non-hydrogen) atoms. The SMILES string of the molecule is O=C1NC(=S)SC1=Cc1cn(-c2ccccc2)nc1-c1cccc([N+](=O)[O-])c1. The van der Waals surface area contributed by atoms with Crippen LogP contribution in [-0.4, -0.2) is 24.9 Å². The van der Waals surface area contributed by atoms with Gasteiger partial charge in [0.1, 0.15) is 10.0 Å². The number of amides is 1. The maximum atomic E-state index is 12.1. The Bertz CT molecular complexity index is 1140. The molecule has 0 atom stereocenters. The average molecular weight is 408 g/mol. The highest BCUT2D eigenvalue weighted by Gasteiger charge is 2.23. The molecule has 1 aromatic heterocycles. The summed E-state index contributed by atoms with van der Waals surface area (Å²) < 4.78 is 2.07. The smallest absolute Gasteiger partial charge is 0.270 e. The number of nitro groups is 1. The monoisotopic (exact) mass is 408 g/mol. The number of carbonyl (C=O) groups excluding carboxylic acids is 1. The molecule has 3 aromatic rings. The number of non-ortho nitro benzene ring substituents is 1. The molecule has 1 saturated heterocycles. The zero-order valence-electron chi connectivity index (χ0n) is 14.2. The van der Waals surface area contributed by atoms with Crippen LogP contribution in [0.2, 0.25) is 0 Å². The molecule has 2 heterocycles. The molecule has 0 unspecified atom stereocenters. The van der Waals surface area contributed by atoms with Crippen LogP contribution in [0.25, 0.3) is 23.0 Å². The first-order chi connectivity index (χ1) is 13.5. The van der Waals surface area contributed by atoms with E-state index in [1.165, 1.54) is 23.9 Å². The van der Waals surface area contributed by atoms with Crippen LogP contribution in [-0.2, 0) is 4.79 Å². The third-order valence-corrected chi connectivity index (χ3v) is 5.19. The van der Waals surface area contributed by atoms with Crippen LogP contribution < -0.4 is 5.32 Å². The van der Waals surface area contributed by atoms with Crippen molar-refractivity contribution in [3.63, 3.8) is 0 Å². The number of carbonyl (C=O) groups is 1. The molecule has 7 nitrogen and oxygen atoms in total. The van der Waals surface area contributed by atoms with E-state index in [1.807, 2.05) is 30.3 Å². The maximum Gasteiger partial charge on any atom is 0.270 e. The van der Waals surface area contributed by atoms with Gasteiger partial charge in [-0.2, -0.15) is 5.10 Å². The van der Waals surface area contributed by atoms with Gasteiger partial charge >= 0.3 is 0 Å². The zero-order chi connectivity index (χ0) is 19.7. The summed E-state index contributed by atoms with van der Waals surface area (Å²) in [6.45, 7) is 0. The summed E-state index contributed by atoms with van der Waals surface area (Å²) in [4.78, 5) is 23.2. The van der Waals surface area contributed by atoms with E-state index < -0.39 is 4.92 Å². The summed E-state index contributed by atoms with van der Waals surface area (Å²) in [7, 11) is 0. The molecule has 138 valence electrons. The number of aromatic nitrogens is 2. The van der Waals surface area contributed by atoms with E-state index in [0.717, 1.165) is 5.69 Å². The van der Waals surface area contributed by atoms with Crippen LogP contribution in [0.3, 0.4) is 0 Å². The fraction of sp³-hybridized carbons (Fsp3) is 0. The van der Waals surface area contributed by atoms with E-state index in [-0.39, 0.29) is 11.6 Å². The lowest BCUT2D eigenvalue weighted by Gasteiger charge is -2.01. The number of benzene rings is 2. The third kappa shape index (κ3) is 3.57. The van der Waals surface area contributed by atoms with Gasteiger partial charge in [0.25, 0.3) is 11.6 Å². The summed E-state index contributed by atoms with van der Waals surface area (Å²) in [6, 6.07) is 15.7. The second kappa shape index (κ2) is 7.37. The maximum absolute atomic E-state index is 12.1. The number of hydrogen-bond donors (Lipinski definition) is 1. The number of rotatable bonds is 4. The quantitative estimate of drug-likeness (QED) is 0.304. The number of para-hydroxylation sites is 1. The van der Waals surface area contributed by atoms with Crippen molar-refractivity contribution in [1.29, 1.82) is 0 Å². The van der Waals surface area contributed by atoms with E-state index in [2.05, 4.69) is 10.4 Å². The highest BCUT2D eigenvalue weighted by molar-refractivity contribution is 8.26. The Morgan fingerprint density at radius 2 is 1.96 bits per heavy atom. The van der Waals surface area contributed by atoms with Crippen molar-refractivity contribution in [3.05, 3.63) is 81.4 Å². The lowest BCUT2D eigenvalue weighted by molar-refractivity contribution is -0.384. The normalized spacial score (nSPS) is 15.1. The molecule has 1 amide bonds. The van der Waals surface area contributed by atoms with Crippen molar-refractivity contribution in [1.82, 2.24) is 15.1 Å². The van der Waals surface area contributed by atoms with Gasteiger partial charge in [0.15, 0.2) is 0 Å². The molecule has 0 radical (unpaired) electrons. The molecule has 1 aliphatic rings. The Hall–Kier alpha value is -3.30. The number of thiocarbonyl (C=S) groups is 1. The molecule has 1 aliphatic heterocycles. The Morgan fingerprint density at radius 1 is 1.18 bits per heavy atom. The van der Waals surface area contributed by atoms with Crippen LogP contribution in [0.1, 0.15) is 5.56 Å². The minimum Gasteiger partial charge on any atom is -0.307 e. The van der Waals surface area contributed by atoms with Crippen molar-refractivity contribution in [2.24, 2.45) is 0 Å². The first kappa shape index (κ1) is 18.1. The molecule has 0 aliphatic carbocycles. The molecule has 4 rings (SSSR count). The Balaban J connectivity index is 1.86. The van der Waals surface area contributed by atoms with E-state index in [0.29, 0.717) is 26.0 Å². The van der Waals surface area contributed by atoms with Gasteiger partial charge < -0.3 is 5.32 Å². The summed E-state index contributed by atoms with van der Waals surface area (Å²) in [5.41, 5.74) is 2.58. The number of nitrogens with zero attached hydrogens (tertiary/aromatic N) is 3. The fourth-order valence-corrected chi connectivity index (χ4v) is 3.79. The first-order valence-corrected chi connectivity index (χ1v) is 9.38. The lowest BCUT2D eigenvalue weighted by Crippen LogP contribution is -2.17. The van der Waals surface area contributed by atoms with Crippen molar-refractivity contribution in [3.8, 4) is 16.9 Å². The Labute approximate surface area is 169 Å². The minimum atomic E-state index is -0.450. The fourth-order valence-electron chi connectivity index (χ4n) is 2.76. The summed E-state index contributed by atoms with van der Waals surface area (Å²) in [6.07, 6.45) is 3.48. The van der Waals surface area contributed by atoms with Gasteiger partial charge in [0.05, 0.1) is 15.5 Å². The van der Waals surface area contributed by atoms with Crippen molar-refractivity contribution >= 4 is 46.0 Å². The van der Waals surface area contributed by atoms with Crippen LogP contribution >= 0.6 is 24.0 Å². The van der Waals surface area contributed by atoms with E-state index in [1.54, 1.807) is 29.1 Å². The third-order valence-electron chi connectivity index (χ3n) is 4.02. The van der Waals surface area contributed by atoms with Crippen LogP contribution in [0.5, 0.6) is 0 Å². The largest absolute Gasteiger partial charge is 0.307 e. The van der Waals surface area contributed by atoms with Gasteiger partial charge in [-0.15, -0.1) is 0 Å². The second-order valence-electron chi connectivity index (χ2n) is 5.87. The molecule has 0 bridgehead atoms. The minimum absolute atomic E-state index is 0.0282. The van der Waals surface area contributed by atoms with E-state index in [9.17, 15) is 14.9 Å². The standard InChI is InChI=1S/C19H12N4O3S2/c24-18-16(28-19(27)20-18)10-13-11-22(14-6-2-1-3-7-14)21-17(13)12-5-4-8-15(9-12)23(25)26/h1-11H,(H,20,24,27). The Kier molecular flexibility index (Phi) is 4.76. The van der Waals surface area contributed by atoms with Gasteiger partial charge in [0.2, 0.25) is 0 Å². The van der Waals surface area contributed by atoms with Crippen LogP contribution in [0.15, 0.2) is 65.7 Å². The Morgan fingerprint density at radius 3 is 2.64 bits per heavy atom.